The van der Waals surface area contributed by atoms with Gasteiger partial charge in [0.2, 0.25) is 0 Å². The van der Waals surface area contributed by atoms with Gasteiger partial charge in [0.05, 0.1) is 19.0 Å². The second-order valence-corrected chi connectivity index (χ2v) is 4.19. The highest BCUT2D eigenvalue weighted by atomic mass is 16.5. The third kappa shape index (κ3) is 2.40. The average molecular weight is 273 g/mol. The topological polar surface area (TPSA) is 87.2 Å². The first kappa shape index (κ1) is 13.8. The van der Waals surface area contributed by atoms with Gasteiger partial charge < -0.3 is 10.5 Å². The highest BCUT2D eigenvalue weighted by Gasteiger charge is 2.22. The van der Waals surface area contributed by atoms with Gasteiger partial charge in [0, 0.05) is 0 Å². The molecule has 0 aliphatic heterocycles. The summed E-state index contributed by atoms with van der Waals surface area (Å²) in [4.78, 5) is 23.2. The van der Waals surface area contributed by atoms with Crippen LogP contribution in [0.3, 0.4) is 0 Å². The summed E-state index contributed by atoms with van der Waals surface area (Å²) in [7, 11) is 1.24. The Balaban J connectivity index is 2.53. The van der Waals surface area contributed by atoms with E-state index < -0.39 is 11.9 Å². The van der Waals surface area contributed by atoms with Crippen LogP contribution in [0.15, 0.2) is 30.5 Å². The number of aryl methyl sites for hydroxylation is 1. The number of carbonyl (C=O) groups is 2. The van der Waals surface area contributed by atoms with E-state index >= 15 is 0 Å². The minimum Gasteiger partial charge on any atom is -0.465 e. The van der Waals surface area contributed by atoms with Crippen molar-refractivity contribution in [1.82, 2.24) is 9.78 Å². The summed E-state index contributed by atoms with van der Waals surface area (Å²) >= 11 is 0. The smallest absolute Gasteiger partial charge is 0.341 e. The van der Waals surface area contributed by atoms with Crippen LogP contribution >= 0.6 is 0 Å². The fourth-order valence-corrected chi connectivity index (χ4v) is 1.91. The lowest BCUT2D eigenvalue weighted by molar-refractivity contribution is 0.0597. The third-order valence-corrected chi connectivity index (χ3v) is 3.00. The number of ether oxygens (including phenoxy) is 1. The molecule has 20 heavy (non-hydrogen) atoms. The summed E-state index contributed by atoms with van der Waals surface area (Å²) in [5.74, 6) is -1.38. The number of esters is 1. The molecule has 0 unspecified atom stereocenters. The molecule has 0 saturated heterocycles. The second kappa shape index (κ2) is 5.56. The van der Waals surface area contributed by atoms with Gasteiger partial charge in [-0.25, -0.2) is 9.48 Å². The first-order valence-corrected chi connectivity index (χ1v) is 6.14. The number of carbonyl (C=O) groups excluding carboxylic acids is 2. The predicted molar refractivity (Wildman–Crippen MR) is 72.8 cm³/mol. The Kier molecular flexibility index (Phi) is 3.84. The van der Waals surface area contributed by atoms with Crippen molar-refractivity contribution in [3.63, 3.8) is 0 Å². The molecule has 1 heterocycles. The fraction of sp³-hybridized carbons (Fsp3) is 0.214. The molecule has 0 spiro atoms. The van der Waals surface area contributed by atoms with Gasteiger partial charge >= 0.3 is 5.97 Å². The highest BCUT2D eigenvalue weighted by Crippen LogP contribution is 2.16. The van der Waals surface area contributed by atoms with E-state index in [2.05, 4.69) is 9.84 Å². The molecule has 0 atom stereocenters. The van der Waals surface area contributed by atoms with Crippen molar-refractivity contribution in [3.8, 4) is 5.69 Å². The van der Waals surface area contributed by atoms with Crippen molar-refractivity contribution in [2.45, 2.75) is 13.3 Å². The number of hydrogen-bond donors (Lipinski definition) is 1. The lowest BCUT2D eigenvalue weighted by Gasteiger charge is -2.07. The van der Waals surface area contributed by atoms with E-state index in [0.29, 0.717) is 5.69 Å². The first-order valence-electron chi connectivity index (χ1n) is 6.14. The number of amides is 1. The summed E-state index contributed by atoms with van der Waals surface area (Å²) in [6.07, 6.45) is 2.19. The maximum atomic E-state index is 11.6. The van der Waals surface area contributed by atoms with Crippen LogP contribution in [0, 0.1) is 0 Å². The van der Waals surface area contributed by atoms with Gasteiger partial charge in [0.25, 0.3) is 5.91 Å². The number of primary amides is 1. The van der Waals surface area contributed by atoms with Crippen molar-refractivity contribution in [2.24, 2.45) is 5.73 Å². The Labute approximate surface area is 116 Å². The second-order valence-electron chi connectivity index (χ2n) is 4.19. The molecule has 104 valence electrons. The molecule has 0 aliphatic carbocycles. The molecule has 0 aliphatic rings. The van der Waals surface area contributed by atoms with Crippen molar-refractivity contribution in [1.29, 1.82) is 0 Å². The number of nitrogens with two attached hydrogens (primary N) is 1. The van der Waals surface area contributed by atoms with Crippen LogP contribution in [0.1, 0.15) is 33.3 Å². The van der Waals surface area contributed by atoms with Crippen LogP contribution in [0.25, 0.3) is 5.69 Å². The Morgan fingerprint density at radius 1 is 1.30 bits per heavy atom. The summed E-state index contributed by atoms with van der Waals surface area (Å²) in [5, 5.41) is 4.05. The van der Waals surface area contributed by atoms with Gasteiger partial charge in [-0.1, -0.05) is 19.1 Å². The molecule has 2 N–H and O–H groups in total. The van der Waals surface area contributed by atoms with E-state index in [4.69, 9.17) is 5.73 Å². The van der Waals surface area contributed by atoms with Crippen LogP contribution in [-0.2, 0) is 11.2 Å². The van der Waals surface area contributed by atoms with Gasteiger partial charge in [-0.2, -0.15) is 5.10 Å². The van der Waals surface area contributed by atoms with Crippen molar-refractivity contribution < 1.29 is 14.3 Å². The number of rotatable bonds is 4. The van der Waals surface area contributed by atoms with Gasteiger partial charge in [-0.15, -0.1) is 0 Å². The van der Waals surface area contributed by atoms with Crippen molar-refractivity contribution >= 4 is 11.9 Å². The van der Waals surface area contributed by atoms with Gasteiger partial charge in [-0.3, -0.25) is 4.79 Å². The van der Waals surface area contributed by atoms with Gasteiger partial charge in [0.1, 0.15) is 11.3 Å². The van der Waals surface area contributed by atoms with Crippen LogP contribution in [0.5, 0.6) is 0 Å². The molecule has 0 radical (unpaired) electrons. The molecular formula is C14H15N3O3. The largest absolute Gasteiger partial charge is 0.465 e. The Morgan fingerprint density at radius 2 is 1.95 bits per heavy atom. The zero-order valence-electron chi connectivity index (χ0n) is 11.3. The molecular weight excluding hydrogens is 258 g/mol. The van der Waals surface area contributed by atoms with Crippen LogP contribution < -0.4 is 5.73 Å². The maximum Gasteiger partial charge on any atom is 0.341 e. The molecule has 2 aromatic rings. The summed E-state index contributed by atoms with van der Waals surface area (Å²) < 4.78 is 5.95. The maximum absolute atomic E-state index is 11.6. The number of hydrogen-bond acceptors (Lipinski definition) is 4. The molecule has 1 aromatic carbocycles. The third-order valence-electron chi connectivity index (χ3n) is 3.00. The number of aromatic nitrogens is 2. The van der Waals surface area contributed by atoms with E-state index in [9.17, 15) is 9.59 Å². The van der Waals surface area contributed by atoms with Crippen molar-refractivity contribution in [2.75, 3.05) is 7.11 Å². The number of methoxy groups -OCH3 is 1. The predicted octanol–water partition coefficient (Wildman–Crippen LogP) is 1.32. The molecule has 1 amide bonds. The molecule has 6 nitrogen and oxygen atoms in total. The highest BCUT2D eigenvalue weighted by molar-refractivity contribution is 6.03. The summed E-state index contributed by atoms with van der Waals surface area (Å²) in [6.45, 7) is 2.05. The zero-order valence-corrected chi connectivity index (χ0v) is 11.3. The molecule has 0 fully saturated rings. The number of nitrogens with zero attached hydrogens (tertiary/aromatic N) is 2. The van der Waals surface area contributed by atoms with Crippen LogP contribution in [-0.4, -0.2) is 28.8 Å². The molecule has 0 saturated carbocycles. The van der Waals surface area contributed by atoms with E-state index in [1.54, 1.807) is 0 Å². The quantitative estimate of drug-likeness (QED) is 0.851. The normalized spacial score (nSPS) is 10.3. The Morgan fingerprint density at radius 3 is 2.45 bits per heavy atom. The lowest BCUT2D eigenvalue weighted by atomic mass is 10.1. The van der Waals surface area contributed by atoms with Gasteiger partial charge in [-0.05, 0) is 24.1 Å². The SMILES string of the molecule is CCc1ccc(-n2ncc(C(=O)OC)c2C(N)=O)cc1. The van der Waals surface area contributed by atoms with Crippen LogP contribution in [0.2, 0.25) is 0 Å². The lowest BCUT2D eigenvalue weighted by Crippen LogP contribution is -2.20. The molecule has 2 rings (SSSR count). The van der Waals surface area contributed by atoms with E-state index in [1.165, 1.54) is 18.0 Å². The molecule has 1 aromatic heterocycles. The zero-order chi connectivity index (χ0) is 14.7. The minimum atomic E-state index is -0.734. The minimum absolute atomic E-state index is 0.0149. The van der Waals surface area contributed by atoms with Gasteiger partial charge in [0.15, 0.2) is 0 Å². The van der Waals surface area contributed by atoms with E-state index in [-0.39, 0.29) is 11.3 Å². The van der Waals surface area contributed by atoms with E-state index in [1.807, 2.05) is 31.2 Å². The summed E-state index contributed by atoms with van der Waals surface area (Å²) in [5.41, 5.74) is 7.23. The molecule has 6 heteroatoms. The summed E-state index contributed by atoms with van der Waals surface area (Å²) in [6, 6.07) is 7.50. The Hall–Kier alpha value is -2.63. The Bertz CT molecular complexity index is 644. The first-order chi connectivity index (χ1) is 9.58. The van der Waals surface area contributed by atoms with Crippen molar-refractivity contribution in [3.05, 3.63) is 47.3 Å². The number of benzene rings is 1. The fourth-order valence-electron chi connectivity index (χ4n) is 1.91. The molecule has 0 bridgehead atoms. The standard InChI is InChI=1S/C14H15N3O3/c1-3-9-4-6-10(7-5-9)17-12(13(15)18)11(8-16-17)14(19)20-2/h4-8H,3H2,1-2H3,(H2,15,18). The monoisotopic (exact) mass is 273 g/mol. The van der Waals surface area contributed by atoms with E-state index in [0.717, 1.165) is 12.0 Å². The van der Waals surface area contributed by atoms with Crippen LogP contribution in [0.4, 0.5) is 0 Å². The average Bonchev–Trinajstić information content (AvgIpc) is 2.91.